The first-order valence-corrected chi connectivity index (χ1v) is 8.38. The van der Waals surface area contributed by atoms with Gasteiger partial charge in [-0.1, -0.05) is 6.92 Å². The molecule has 2 aromatic heterocycles. The lowest BCUT2D eigenvalue weighted by molar-refractivity contribution is 0.532. The van der Waals surface area contributed by atoms with Gasteiger partial charge in [0.15, 0.2) is 0 Å². The van der Waals surface area contributed by atoms with Crippen molar-refractivity contribution >= 4 is 22.7 Å². The van der Waals surface area contributed by atoms with E-state index in [1.165, 1.54) is 9.88 Å². The first-order valence-electron chi connectivity index (χ1n) is 6.68. The van der Waals surface area contributed by atoms with E-state index in [9.17, 15) is 0 Å². The predicted molar refractivity (Wildman–Crippen MR) is 83.2 cm³/mol. The third kappa shape index (κ3) is 3.84. The Morgan fingerprint density at radius 3 is 2.58 bits per heavy atom. The molecular weight excluding hydrogens is 274 g/mol. The maximum atomic E-state index is 4.58. The van der Waals surface area contributed by atoms with Crippen molar-refractivity contribution in [3.63, 3.8) is 0 Å². The quantitative estimate of drug-likeness (QED) is 0.880. The second-order valence-electron chi connectivity index (χ2n) is 4.78. The normalized spacial score (nSPS) is 12.8. The fraction of sp³-hybridized carbons (Fsp3) is 0.571. The number of rotatable bonds is 6. The molecule has 0 fully saturated rings. The van der Waals surface area contributed by atoms with E-state index < -0.39 is 0 Å². The van der Waals surface area contributed by atoms with E-state index in [4.69, 9.17) is 0 Å². The van der Waals surface area contributed by atoms with E-state index in [0.717, 1.165) is 35.8 Å². The maximum Gasteiger partial charge on any atom is 0.0947 e. The number of thiazole rings is 2. The summed E-state index contributed by atoms with van der Waals surface area (Å²) in [4.78, 5) is 10.5. The Kier molecular flexibility index (Phi) is 5.07. The summed E-state index contributed by atoms with van der Waals surface area (Å²) >= 11 is 3.55. The molecule has 0 bridgehead atoms. The van der Waals surface area contributed by atoms with Gasteiger partial charge >= 0.3 is 0 Å². The van der Waals surface area contributed by atoms with E-state index in [-0.39, 0.29) is 0 Å². The molecule has 0 saturated heterocycles. The minimum Gasteiger partial charge on any atom is -0.309 e. The Hall–Kier alpha value is -0.780. The fourth-order valence-corrected chi connectivity index (χ4v) is 3.94. The molecular formula is C14H21N3S2. The van der Waals surface area contributed by atoms with E-state index in [1.54, 1.807) is 22.7 Å². The first kappa shape index (κ1) is 14.6. The van der Waals surface area contributed by atoms with Gasteiger partial charge in [0, 0.05) is 28.4 Å². The van der Waals surface area contributed by atoms with Crippen LogP contribution in [0.3, 0.4) is 0 Å². The van der Waals surface area contributed by atoms with Crippen LogP contribution in [0, 0.1) is 20.8 Å². The van der Waals surface area contributed by atoms with Crippen LogP contribution >= 0.6 is 22.7 Å². The molecule has 0 aromatic carbocycles. The van der Waals surface area contributed by atoms with E-state index >= 15 is 0 Å². The largest absolute Gasteiger partial charge is 0.309 e. The summed E-state index contributed by atoms with van der Waals surface area (Å²) in [5, 5.41) is 8.11. The van der Waals surface area contributed by atoms with Crippen LogP contribution < -0.4 is 5.32 Å². The van der Waals surface area contributed by atoms with Crippen LogP contribution in [-0.2, 0) is 6.42 Å². The van der Waals surface area contributed by atoms with Crippen molar-refractivity contribution < 1.29 is 0 Å². The van der Waals surface area contributed by atoms with Gasteiger partial charge in [-0.2, -0.15) is 0 Å². The average Bonchev–Trinajstić information content (AvgIpc) is 2.91. The van der Waals surface area contributed by atoms with Crippen LogP contribution in [-0.4, -0.2) is 16.5 Å². The van der Waals surface area contributed by atoms with E-state index in [1.807, 2.05) is 0 Å². The summed E-state index contributed by atoms with van der Waals surface area (Å²) in [6.07, 6.45) is 2.10. The van der Waals surface area contributed by atoms with Crippen LogP contribution in [0.2, 0.25) is 0 Å². The second kappa shape index (κ2) is 6.59. The van der Waals surface area contributed by atoms with Crippen LogP contribution in [0.4, 0.5) is 0 Å². The molecule has 0 aliphatic rings. The third-order valence-corrected chi connectivity index (χ3v) is 5.12. The van der Waals surface area contributed by atoms with Crippen molar-refractivity contribution in [3.05, 3.63) is 31.7 Å². The van der Waals surface area contributed by atoms with Crippen LogP contribution in [0.25, 0.3) is 0 Å². The van der Waals surface area contributed by atoms with Crippen molar-refractivity contribution in [2.75, 3.05) is 6.54 Å². The van der Waals surface area contributed by atoms with E-state index in [0.29, 0.717) is 6.04 Å². The van der Waals surface area contributed by atoms with Gasteiger partial charge in [0.05, 0.1) is 15.7 Å². The molecule has 3 nitrogen and oxygen atoms in total. The predicted octanol–water partition coefficient (Wildman–Crippen LogP) is 3.81. The molecule has 0 aliphatic carbocycles. The molecule has 1 atom stereocenters. The van der Waals surface area contributed by atoms with Crippen molar-refractivity contribution in [1.82, 2.24) is 15.3 Å². The zero-order valence-electron chi connectivity index (χ0n) is 12.0. The molecule has 0 aliphatic heterocycles. The van der Waals surface area contributed by atoms with Gasteiger partial charge in [-0.3, -0.25) is 0 Å². The fourth-order valence-electron chi connectivity index (χ4n) is 2.12. The highest BCUT2D eigenvalue weighted by atomic mass is 32.1. The Labute approximate surface area is 123 Å². The molecule has 0 spiro atoms. The highest BCUT2D eigenvalue weighted by Gasteiger charge is 2.18. The van der Waals surface area contributed by atoms with Crippen molar-refractivity contribution in [3.8, 4) is 0 Å². The monoisotopic (exact) mass is 295 g/mol. The van der Waals surface area contributed by atoms with Crippen LogP contribution in [0.15, 0.2) is 5.38 Å². The molecule has 0 amide bonds. The minimum atomic E-state index is 0.344. The molecule has 0 radical (unpaired) electrons. The molecule has 1 N–H and O–H groups in total. The van der Waals surface area contributed by atoms with Crippen molar-refractivity contribution in [2.45, 2.75) is 46.6 Å². The van der Waals surface area contributed by atoms with Crippen LogP contribution in [0.5, 0.6) is 0 Å². The number of aromatic nitrogens is 2. The third-order valence-electron chi connectivity index (χ3n) is 2.94. The zero-order valence-corrected chi connectivity index (χ0v) is 13.6. The molecule has 2 heterocycles. The Bertz CT molecular complexity index is 531. The molecule has 1 unspecified atom stereocenters. The minimum absolute atomic E-state index is 0.344. The smallest absolute Gasteiger partial charge is 0.0947 e. The highest BCUT2D eigenvalue weighted by molar-refractivity contribution is 7.11. The lowest BCUT2D eigenvalue weighted by atomic mass is 10.1. The Morgan fingerprint density at radius 1 is 1.26 bits per heavy atom. The number of nitrogens with zero attached hydrogens (tertiary/aromatic N) is 2. The number of hydrogen-bond donors (Lipinski definition) is 1. The Morgan fingerprint density at radius 2 is 2.05 bits per heavy atom. The lowest BCUT2D eigenvalue weighted by Gasteiger charge is -2.16. The molecule has 19 heavy (non-hydrogen) atoms. The van der Waals surface area contributed by atoms with E-state index in [2.05, 4.69) is 48.4 Å². The van der Waals surface area contributed by atoms with Crippen LogP contribution in [0.1, 0.15) is 45.7 Å². The zero-order chi connectivity index (χ0) is 13.8. The number of nitrogens with one attached hydrogen (secondary N) is 1. The van der Waals surface area contributed by atoms with Gasteiger partial charge in [-0.05, 0) is 33.7 Å². The summed E-state index contributed by atoms with van der Waals surface area (Å²) < 4.78 is 0. The van der Waals surface area contributed by atoms with Gasteiger partial charge in [-0.15, -0.1) is 22.7 Å². The van der Waals surface area contributed by atoms with Gasteiger partial charge < -0.3 is 5.32 Å². The Balaban J connectivity index is 2.18. The number of hydrogen-bond acceptors (Lipinski definition) is 5. The van der Waals surface area contributed by atoms with Gasteiger partial charge in [0.2, 0.25) is 0 Å². The summed E-state index contributed by atoms with van der Waals surface area (Å²) in [5.41, 5.74) is 2.27. The van der Waals surface area contributed by atoms with Gasteiger partial charge in [0.1, 0.15) is 0 Å². The second-order valence-corrected chi connectivity index (χ2v) is 6.95. The summed E-state index contributed by atoms with van der Waals surface area (Å²) in [7, 11) is 0. The molecule has 5 heteroatoms. The highest BCUT2D eigenvalue weighted by Crippen LogP contribution is 2.28. The SMILES string of the molecule is CCCNC(Cc1nc(C)cs1)c1sc(C)nc1C. The van der Waals surface area contributed by atoms with Crippen molar-refractivity contribution in [2.24, 2.45) is 0 Å². The molecule has 104 valence electrons. The maximum absolute atomic E-state index is 4.58. The van der Waals surface area contributed by atoms with Gasteiger partial charge in [-0.25, -0.2) is 9.97 Å². The summed E-state index contributed by atoms with van der Waals surface area (Å²) in [6, 6.07) is 0.344. The molecule has 2 rings (SSSR count). The van der Waals surface area contributed by atoms with Crippen molar-refractivity contribution in [1.29, 1.82) is 0 Å². The lowest BCUT2D eigenvalue weighted by Crippen LogP contribution is -2.24. The first-order chi connectivity index (χ1) is 9.10. The van der Waals surface area contributed by atoms with Gasteiger partial charge in [0.25, 0.3) is 0 Å². The standard InChI is InChI=1S/C14H21N3S2/c1-5-6-15-12(7-13-16-9(2)8-18-13)14-10(3)17-11(4)19-14/h8,12,15H,5-7H2,1-4H3. The number of aryl methyl sites for hydroxylation is 3. The molecule has 0 saturated carbocycles. The summed E-state index contributed by atoms with van der Waals surface area (Å²) in [5.74, 6) is 0. The summed E-state index contributed by atoms with van der Waals surface area (Å²) in [6.45, 7) is 9.46. The average molecular weight is 295 g/mol. The molecule has 2 aromatic rings. The topological polar surface area (TPSA) is 37.8 Å².